The molecule has 0 aliphatic heterocycles. The van der Waals surface area contributed by atoms with E-state index in [9.17, 15) is 14.4 Å². The van der Waals surface area contributed by atoms with Gasteiger partial charge in [-0.15, -0.1) is 0 Å². The van der Waals surface area contributed by atoms with Gasteiger partial charge in [-0.25, -0.2) is 4.79 Å². The van der Waals surface area contributed by atoms with Crippen LogP contribution in [-0.2, 0) is 20.7 Å². The van der Waals surface area contributed by atoms with Gasteiger partial charge in [0.15, 0.2) is 0 Å². The normalized spacial score (nSPS) is 12.7. The fraction of sp³-hybridized carbons (Fsp3) is 0.359. The summed E-state index contributed by atoms with van der Waals surface area (Å²) in [6.45, 7) is 11.8. The quantitative estimate of drug-likeness (QED) is 0.156. The number of aryl methyl sites for hydroxylation is 2. The number of hydrogen-bond acceptors (Lipinski definition) is 4. The van der Waals surface area contributed by atoms with E-state index < -0.39 is 23.8 Å². The van der Waals surface area contributed by atoms with Gasteiger partial charge in [0.05, 0.1) is 0 Å². The van der Waals surface area contributed by atoms with Crippen LogP contribution in [0.1, 0.15) is 75.3 Å². The molecule has 2 N–H and O–H groups in total. The summed E-state index contributed by atoms with van der Waals surface area (Å²) < 4.78 is 5.57. The van der Waals surface area contributed by atoms with Gasteiger partial charge < -0.3 is 20.3 Å². The van der Waals surface area contributed by atoms with E-state index in [0.29, 0.717) is 18.7 Å². The third-order valence-corrected chi connectivity index (χ3v) is 7.69. The lowest BCUT2D eigenvalue weighted by Gasteiger charge is -2.35. The zero-order valence-corrected chi connectivity index (χ0v) is 27.9. The van der Waals surface area contributed by atoms with Crippen molar-refractivity contribution >= 4 is 34.4 Å². The third-order valence-electron chi connectivity index (χ3n) is 7.69. The maximum absolute atomic E-state index is 14.7. The number of anilines is 1. The summed E-state index contributed by atoms with van der Waals surface area (Å²) in [6, 6.07) is 27.4. The van der Waals surface area contributed by atoms with Crippen molar-refractivity contribution < 1.29 is 19.1 Å². The average molecular weight is 622 g/mol. The van der Waals surface area contributed by atoms with Crippen LogP contribution in [0, 0.1) is 13.8 Å². The van der Waals surface area contributed by atoms with Crippen LogP contribution in [-0.4, -0.2) is 41.0 Å². The molecule has 0 spiro atoms. The Balaban J connectivity index is 1.77. The van der Waals surface area contributed by atoms with Crippen LogP contribution < -0.4 is 10.6 Å². The van der Waals surface area contributed by atoms with E-state index in [4.69, 9.17) is 4.74 Å². The minimum Gasteiger partial charge on any atom is -0.444 e. The zero-order chi connectivity index (χ0) is 33.3. The summed E-state index contributed by atoms with van der Waals surface area (Å²) in [6.07, 6.45) is 2.10. The van der Waals surface area contributed by atoms with E-state index in [0.717, 1.165) is 45.9 Å². The molecule has 0 bridgehead atoms. The van der Waals surface area contributed by atoms with E-state index in [-0.39, 0.29) is 18.2 Å². The van der Waals surface area contributed by atoms with E-state index in [1.54, 1.807) is 25.7 Å². The van der Waals surface area contributed by atoms with E-state index >= 15 is 0 Å². The lowest BCUT2D eigenvalue weighted by atomic mass is 9.97. The Bertz CT molecular complexity index is 1620. The minimum atomic E-state index is -0.958. The van der Waals surface area contributed by atoms with Gasteiger partial charge in [-0.3, -0.25) is 9.59 Å². The number of ether oxygens (including phenoxy) is 1. The molecular weight excluding hydrogens is 574 g/mol. The molecule has 0 aliphatic rings. The Kier molecular flexibility index (Phi) is 11.6. The van der Waals surface area contributed by atoms with E-state index in [2.05, 4.69) is 17.6 Å². The second-order valence-corrected chi connectivity index (χ2v) is 13.0. The number of nitrogens with one attached hydrogen (secondary N) is 2. The molecule has 0 heterocycles. The molecular formula is C39H47N3O4. The van der Waals surface area contributed by atoms with Crippen molar-refractivity contribution in [2.75, 3.05) is 11.9 Å². The number of unbranched alkanes of at least 4 members (excludes halogenated alkanes) is 2. The third kappa shape index (κ3) is 9.67. The summed E-state index contributed by atoms with van der Waals surface area (Å²) >= 11 is 0. The number of rotatable bonds is 12. The van der Waals surface area contributed by atoms with Crippen molar-refractivity contribution in [1.29, 1.82) is 0 Å². The Labute approximate surface area is 273 Å². The topological polar surface area (TPSA) is 87.7 Å². The van der Waals surface area contributed by atoms with Crippen LogP contribution in [0.4, 0.5) is 10.5 Å². The molecule has 4 aromatic carbocycles. The summed E-state index contributed by atoms with van der Waals surface area (Å²) in [5, 5.41) is 8.03. The first-order valence-corrected chi connectivity index (χ1v) is 16.2. The molecule has 0 aliphatic carbocycles. The van der Waals surface area contributed by atoms with Gasteiger partial charge in [0.25, 0.3) is 5.91 Å². The van der Waals surface area contributed by atoms with Gasteiger partial charge >= 0.3 is 6.09 Å². The van der Waals surface area contributed by atoms with E-state index in [1.807, 2.05) is 105 Å². The lowest BCUT2D eigenvalue weighted by Crippen LogP contribution is -2.53. The van der Waals surface area contributed by atoms with Crippen LogP contribution in [0.2, 0.25) is 0 Å². The summed E-state index contributed by atoms with van der Waals surface area (Å²) in [5.74, 6) is -0.663. The van der Waals surface area contributed by atoms with Crippen LogP contribution in [0.25, 0.3) is 10.8 Å². The summed E-state index contributed by atoms with van der Waals surface area (Å²) in [7, 11) is 0. The Morgan fingerprint density at radius 2 is 1.46 bits per heavy atom. The lowest BCUT2D eigenvalue weighted by molar-refractivity contribution is -0.140. The Morgan fingerprint density at radius 1 is 0.804 bits per heavy atom. The molecule has 0 fully saturated rings. The van der Waals surface area contributed by atoms with Gasteiger partial charge in [0, 0.05) is 18.7 Å². The largest absolute Gasteiger partial charge is 0.444 e. The minimum absolute atomic E-state index is 0.245. The molecule has 7 heteroatoms. The highest BCUT2D eigenvalue weighted by molar-refractivity contribution is 6.00. The second-order valence-electron chi connectivity index (χ2n) is 13.0. The Hall–Kier alpha value is -4.65. The van der Waals surface area contributed by atoms with Gasteiger partial charge in [-0.2, -0.15) is 0 Å². The SMILES string of the molecule is CCCCCN(C(=O)C(Cc1ccccc1)NC(=O)OC(C)(C)C)C(C(=O)Nc1ccc2ccccc2c1)c1cc(C)cc(C)c1. The highest BCUT2D eigenvalue weighted by Gasteiger charge is 2.36. The van der Waals surface area contributed by atoms with Crippen molar-refractivity contribution in [2.24, 2.45) is 0 Å². The number of nitrogens with zero attached hydrogens (tertiary/aromatic N) is 1. The van der Waals surface area contributed by atoms with Gasteiger partial charge in [-0.05, 0) is 75.1 Å². The number of carbonyl (C=O) groups is 3. The van der Waals surface area contributed by atoms with Crippen LogP contribution in [0.15, 0.2) is 91.0 Å². The highest BCUT2D eigenvalue weighted by Crippen LogP contribution is 2.28. The molecule has 3 amide bonds. The van der Waals surface area contributed by atoms with Crippen molar-refractivity contribution in [3.8, 4) is 0 Å². The fourth-order valence-corrected chi connectivity index (χ4v) is 5.72. The van der Waals surface area contributed by atoms with Crippen LogP contribution in [0.5, 0.6) is 0 Å². The second kappa shape index (κ2) is 15.6. The summed E-state index contributed by atoms with van der Waals surface area (Å²) in [4.78, 5) is 43.9. The van der Waals surface area contributed by atoms with Gasteiger partial charge in [0.2, 0.25) is 5.91 Å². The maximum Gasteiger partial charge on any atom is 0.408 e. The Morgan fingerprint density at radius 3 is 2.11 bits per heavy atom. The highest BCUT2D eigenvalue weighted by atomic mass is 16.6. The number of hydrogen-bond donors (Lipinski definition) is 2. The fourth-order valence-electron chi connectivity index (χ4n) is 5.72. The predicted molar refractivity (Wildman–Crippen MR) is 186 cm³/mol. The molecule has 4 aromatic rings. The van der Waals surface area contributed by atoms with E-state index in [1.165, 1.54) is 0 Å². The van der Waals surface area contributed by atoms with Crippen molar-refractivity contribution in [3.05, 3.63) is 113 Å². The smallest absolute Gasteiger partial charge is 0.408 e. The molecule has 46 heavy (non-hydrogen) atoms. The number of carbonyl (C=O) groups excluding carboxylic acids is 3. The number of amides is 3. The average Bonchev–Trinajstić information content (AvgIpc) is 2.99. The molecule has 0 aromatic heterocycles. The van der Waals surface area contributed by atoms with Crippen molar-refractivity contribution in [1.82, 2.24) is 10.2 Å². The molecule has 0 saturated carbocycles. The zero-order valence-electron chi connectivity index (χ0n) is 27.9. The number of fused-ring (bicyclic) bond motifs is 1. The molecule has 7 nitrogen and oxygen atoms in total. The molecule has 0 radical (unpaired) electrons. The molecule has 0 saturated heterocycles. The first-order chi connectivity index (χ1) is 21.9. The monoisotopic (exact) mass is 621 g/mol. The number of alkyl carbamates (subject to hydrolysis) is 1. The maximum atomic E-state index is 14.7. The van der Waals surface area contributed by atoms with Crippen molar-refractivity contribution in [3.63, 3.8) is 0 Å². The van der Waals surface area contributed by atoms with Crippen molar-refractivity contribution in [2.45, 2.75) is 84.9 Å². The molecule has 4 rings (SSSR count). The first-order valence-electron chi connectivity index (χ1n) is 16.2. The number of benzene rings is 4. The molecule has 2 atom stereocenters. The standard InChI is InChI=1S/C39H47N3O4/c1-7-8-14-21-42(37(44)34(25-29-15-10-9-11-16-29)41-38(45)46-39(4,5)6)35(32-23-27(2)22-28(3)24-32)36(43)40-33-20-19-30-17-12-13-18-31(30)26-33/h9-13,15-20,22-24,26,34-35H,7-8,14,21,25H2,1-6H3,(H,40,43)(H,41,45). The van der Waals surface area contributed by atoms with Gasteiger partial charge in [-0.1, -0.05) is 110 Å². The van der Waals surface area contributed by atoms with Crippen LogP contribution in [0.3, 0.4) is 0 Å². The predicted octanol–water partition coefficient (Wildman–Crippen LogP) is 8.29. The van der Waals surface area contributed by atoms with Gasteiger partial charge in [0.1, 0.15) is 17.7 Å². The first kappa shape index (κ1) is 34.2. The molecule has 2 unspecified atom stereocenters. The summed E-state index contributed by atoms with van der Waals surface area (Å²) in [5.41, 5.74) is 3.49. The van der Waals surface area contributed by atoms with Crippen LogP contribution >= 0.6 is 0 Å². The molecule has 242 valence electrons.